The molecule has 94 valence electrons. The topological polar surface area (TPSA) is 49.2 Å². The minimum Gasteiger partial charge on any atom is -0.390 e. The van der Waals surface area contributed by atoms with Gasteiger partial charge in [0.25, 0.3) is 0 Å². The van der Waals surface area contributed by atoms with Gasteiger partial charge in [-0.25, -0.2) is 9.97 Å². The Bertz CT molecular complexity index is 392. The highest BCUT2D eigenvalue weighted by molar-refractivity contribution is 5.49. The van der Waals surface area contributed by atoms with Crippen LogP contribution in [0.3, 0.4) is 0 Å². The van der Waals surface area contributed by atoms with E-state index < -0.39 is 0 Å². The SMILES string of the molecule is CC1CCN(c2cnc(C(C)C)nc2CO)C1. The Kier molecular flexibility index (Phi) is 3.62. The number of rotatable bonds is 3. The molecule has 1 aliphatic heterocycles. The van der Waals surface area contributed by atoms with Crippen molar-refractivity contribution in [1.29, 1.82) is 0 Å². The Hall–Kier alpha value is -1.16. The molecule has 1 fully saturated rings. The molecule has 1 unspecified atom stereocenters. The predicted molar refractivity (Wildman–Crippen MR) is 68.0 cm³/mol. The van der Waals surface area contributed by atoms with Crippen molar-refractivity contribution in [2.45, 2.75) is 39.7 Å². The molecule has 0 aliphatic carbocycles. The van der Waals surface area contributed by atoms with Crippen molar-refractivity contribution < 1.29 is 5.11 Å². The van der Waals surface area contributed by atoms with Crippen LogP contribution in [0.4, 0.5) is 5.69 Å². The van der Waals surface area contributed by atoms with Crippen LogP contribution < -0.4 is 4.90 Å². The summed E-state index contributed by atoms with van der Waals surface area (Å²) >= 11 is 0. The molecule has 0 bridgehead atoms. The quantitative estimate of drug-likeness (QED) is 0.870. The van der Waals surface area contributed by atoms with E-state index in [9.17, 15) is 5.11 Å². The molecule has 4 nitrogen and oxygen atoms in total. The van der Waals surface area contributed by atoms with Gasteiger partial charge in [-0.15, -0.1) is 0 Å². The maximum atomic E-state index is 9.43. The standard InChI is InChI=1S/C13H21N3O/c1-9(2)13-14-6-12(11(8-17)15-13)16-5-4-10(3)7-16/h6,9-10,17H,4-5,7-8H2,1-3H3. The van der Waals surface area contributed by atoms with E-state index in [-0.39, 0.29) is 6.61 Å². The first-order valence-corrected chi connectivity index (χ1v) is 6.33. The lowest BCUT2D eigenvalue weighted by Crippen LogP contribution is -2.22. The van der Waals surface area contributed by atoms with Gasteiger partial charge in [-0.05, 0) is 12.3 Å². The van der Waals surface area contributed by atoms with Crippen LogP contribution in [0, 0.1) is 5.92 Å². The van der Waals surface area contributed by atoms with Crippen LogP contribution in [0.5, 0.6) is 0 Å². The smallest absolute Gasteiger partial charge is 0.131 e. The average molecular weight is 235 g/mol. The van der Waals surface area contributed by atoms with Gasteiger partial charge in [-0.2, -0.15) is 0 Å². The second kappa shape index (κ2) is 5.00. The number of aromatic nitrogens is 2. The van der Waals surface area contributed by atoms with Crippen molar-refractivity contribution in [2.24, 2.45) is 5.92 Å². The van der Waals surface area contributed by atoms with E-state index >= 15 is 0 Å². The van der Waals surface area contributed by atoms with Gasteiger partial charge in [0.2, 0.25) is 0 Å². The van der Waals surface area contributed by atoms with E-state index in [1.54, 1.807) is 0 Å². The largest absolute Gasteiger partial charge is 0.390 e. The lowest BCUT2D eigenvalue weighted by atomic mass is 10.2. The van der Waals surface area contributed by atoms with Crippen LogP contribution in [0.2, 0.25) is 0 Å². The van der Waals surface area contributed by atoms with E-state index in [1.165, 1.54) is 6.42 Å². The Morgan fingerprint density at radius 1 is 1.53 bits per heavy atom. The first-order valence-electron chi connectivity index (χ1n) is 6.33. The summed E-state index contributed by atoms with van der Waals surface area (Å²) < 4.78 is 0. The van der Waals surface area contributed by atoms with Gasteiger partial charge in [0.15, 0.2) is 0 Å². The molecular weight excluding hydrogens is 214 g/mol. The first-order chi connectivity index (χ1) is 8.11. The number of hydrogen-bond acceptors (Lipinski definition) is 4. The molecule has 1 aliphatic rings. The number of anilines is 1. The molecule has 1 atom stereocenters. The fourth-order valence-corrected chi connectivity index (χ4v) is 2.24. The first kappa shape index (κ1) is 12.3. The minimum absolute atomic E-state index is 0.0115. The number of nitrogens with zero attached hydrogens (tertiary/aromatic N) is 3. The van der Waals surface area contributed by atoms with E-state index in [4.69, 9.17) is 0 Å². The maximum absolute atomic E-state index is 9.43. The summed E-state index contributed by atoms with van der Waals surface area (Å²) in [7, 11) is 0. The van der Waals surface area contributed by atoms with Crippen molar-refractivity contribution in [3.05, 3.63) is 17.7 Å². The number of aliphatic hydroxyl groups excluding tert-OH is 1. The van der Waals surface area contributed by atoms with Crippen molar-refractivity contribution in [1.82, 2.24) is 9.97 Å². The molecule has 0 spiro atoms. The summed E-state index contributed by atoms with van der Waals surface area (Å²) in [5.41, 5.74) is 1.76. The molecule has 0 aromatic carbocycles. The predicted octanol–water partition coefficient (Wildman–Crippen LogP) is 1.94. The van der Waals surface area contributed by atoms with Gasteiger partial charge in [-0.1, -0.05) is 20.8 Å². The third-order valence-corrected chi connectivity index (χ3v) is 3.30. The highest BCUT2D eigenvalue weighted by Gasteiger charge is 2.22. The van der Waals surface area contributed by atoms with Crippen molar-refractivity contribution in [3.8, 4) is 0 Å². The van der Waals surface area contributed by atoms with Gasteiger partial charge in [0, 0.05) is 19.0 Å². The third-order valence-electron chi connectivity index (χ3n) is 3.30. The summed E-state index contributed by atoms with van der Waals surface area (Å²) in [5, 5.41) is 9.43. The van der Waals surface area contributed by atoms with Gasteiger partial charge in [0.1, 0.15) is 5.82 Å². The number of hydrogen-bond donors (Lipinski definition) is 1. The van der Waals surface area contributed by atoms with Crippen LogP contribution >= 0.6 is 0 Å². The second-order valence-electron chi connectivity index (χ2n) is 5.21. The Morgan fingerprint density at radius 2 is 2.29 bits per heavy atom. The molecule has 17 heavy (non-hydrogen) atoms. The van der Waals surface area contributed by atoms with Crippen LogP contribution in [0.1, 0.15) is 44.6 Å². The monoisotopic (exact) mass is 235 g/mol. The summed E-state index contributed by atoms with van der Waals surface area (Å²) in [6.07, 6.45) is 3.07. The Labute approximate surface area is 103 Å². The van der Waals surface area contributed by atoms with Crippen molar-refractivity contribution >= 4 is 5.69 Å². The highest BCUT2D eigenvalue weighted by Crippen LogP contribution is 2.26. The zero-order valence-corrected chi connectivity index (χ0v) is 10.8. The fourth-order valence-electron chi connectivity index (χ4n) is 2.24. The molecule has 0 saturated carbocycles. The third kappa shape index (κ3) is 2.57. The van der Waals surface area contributed by atoms with Crippen molar-refractivity contribution in [2.75, 3.05) is 18.0 Å². The number of aliphatic hydroxyl groups is 1. The van der Waals surface area contributed by atoms with E-state index in [2.05, 4.69) is 35.6 Å². The zero-order chi connectivity index (χ0) is 12.4. The van der Waals surface area contributed by atoms with Gasteiger partial charge in [-0.3, -0.25) is 0 Å². The van der Waals surface area contributed by atoms with Crippen LogP contribution in [-0.2, 0) is 6.61 Å². The van der Waals surface area contributed by atoms with E-state index in [0.717, 1.165) is 30.3 Å². The molecule has 4 heteroatoms. The van der Waals surface area contributed by atoms with Gasteiger partial charge >= 0.3 is 0 Å². The summed E-state index contributed by atoms with van der Waals surface area (Å²) in [6.45, 7) is 8.45. The maximum Gasteiger partial charge on any atom is 0.131 e. The molecule has 0 amide bonds. The Morgan fingerprint density at radius 3 is 2.82 bits per heavy atom. The normalized spacial score (nSPS) is 20.3. The van der Waals surface area contributed by atoms with Crippen LogP contribution in [-0.4, -0.2) is 28.2 Å². The summed E-state index contributed by atoms with van der Waals surface area (Å²) in [4.78, 5) is 11.1. The average Bonchev–Trinajstić information content (AvgIpc) is 2.74. The van der Waals surface area contributed by atoms with Gasteiger partial charge < -0.3 is 10.0 Å². The molecule has 0 radical (unpaired) electrons. The summed E-state index contributed by atoms with van der Waals surface area (Å²) in [5.74, 6) is 1.82. The van der Waals surface area contributed by atoms with Crippen LogP contribution in [0.25, 0.3) is 0 Å². The molecular formula is C13H21N3O. The summed E-state index contributed by atoms with van der Waals surface area (Å²) in [6, 6.07) is 0. The van der Waals surface area contributed by atoms with E-state index in [1.807, 2.05) is 6.20 Å². The second-order valence-corrected chi connectivity index (χ2v) is 5.21. The van der Waals surface area contributed by atoms with Gasteiger partial charge in [0.05, 0.1) is 24.2 Å². The zero-order valence-electron chi connectivity index (χ0n) is 10.8. The van der Waals surface area contributed by atoms with Crippen LogP contribution in [0.15, 0.2) is 6.20 Å². The molecule has 1 aromatic heterocycles. The lowest BCUT2D eigenvalue weighted by Gasteiger charge is -2.20. The molecule has 1 saturated heterocycles. The highest BCUT2D eigenvalue weighted by atomic mass is 16.3. The molecule has 2 heterocycles. The molecule has 1 N–H and O–H groups in total. The lowest BCUT2D eigenvalue weighted by molar-refractivity contribution is 0.276. The molecule has 2 rings (SSSR count). The van der Waals surface area contributed by atoms with E-state index in [0.29, 0.717) is 11.8 Å². The molecule has 1 aromatic rings. The Balaban J connectivity index is 2.28. The fraction of sp³-hybridized carbons (Fsp3) is 0.692. The minimum atomic E-state index is -0.0115. The van der Waals surface area contributed by atoms with Crippen molar-refractivity contribution in [3.63, 3.8) is 0 Å².